The monoisotopic (exact) mass is 583 g/mol. The largest absolute Gasteiger partial charge is 0.469 e. The Labute approximate surface area is 227 Å². The van der Waals surface area contributed by atoms with E-state index in [1.54, 1.807) is 16.7 Å². The summed E-state index contributed by atoms with van der Waals surface area (Å²) in [7, 11) is -3.67. The van der Waals surface area contributed by atoms with Gasteiger partial charge in [0.15, 0.2) is 5.65 Å². The molecule has 6 rings (SSSR count). The van der Waals surface area contributed by atoms with Gasteiger partial charge in [0.1, 0.15) is 17.5 Å². The van der Waals surface area contributed by atoms with Crippen LogP contribution in [0.3, 0.4) is 0 Å². The predicted molar refractivity (Wildman–Crippen MR) is 133 cm³/mol. The molecule has 5 heterocycles. The zero-order valence-electron chi connectivity index (χ0n) is 21.4. The van der Waals surface area contributed by atoms with Crippen molar-refractivity contribution in [2.45, 2.75) is 54.8 Å². The maximum Gasteiger partial charge on any atom is 0.423 e. The molecule has 216 valence electrons. The highest BCUT2D eigenvalue weighted by Gasteiger charge is 2.38. The van der Waals surface area contributed by atoms with Crippen LogP contribution in [-0.4, -0.2) is 89.0 Å². The van der Waals surface area contributed by atoms with Crippen molar-refractivity contribution in [1.82, 2.24) is 28.9 Å². The summed E-state index contributed by atoms with van der Waals surface area (Å²) in [6, 6.07) is 2.95. The number of halogens is 3. The number of hydrogen-bond acceptors (Lipinski definition) is 10. The highest BCUT2D eigenvalue weighted by Crippen LogP contribution is 2.37. The Morgan fingerprint density at radius 3 is 2.62 bits per heavy atom. The molecule has 0 unspecified atom stereocenters. The zero-order chi connectivity index (χ0) is 27.9. The molecule has 0 radical (unpaired) electrons. The summed E-state index contributed by atoms with van der Waals surface area (Å²) in [6.45, 7) is 1.73. The Morgan fingerprint density at radius 1 is 1.10 bits per heavy atom. The van der Waals surface area contributed by atoms with Crippen molar-refractivity contribution in [3.8, 4) is 5.88 Å². The molecule has 1 saturated carbocycles. The van der Waals surface area contributed by atoms with E-state index in [4.69, 9.17) is 14.2 Å². The van der Waals surface area contributed by atoms with E-state index in [9.17, 15) is 21.6 Å². The van der Waals surface area contributed by atoms with Crippen molar-refractivity contribution in [2.75, 3.05) is 44.8 Å². The molecular formula is C24H28F3N7O5S. The van der Waals surface area contributed by atoms with Crippen LogP contribution >= 0.6 is 0 Å². The van der Waals surface area contributed by atoms with E-state index in [1.807, 2.05) is 0 Å². The first-order valence-electron chi connectivity index (χ1n) is 13.1. The molecule has 0 aromatic carbocycles. The van der Waals surface area contributed by atoms with Gasteiger partial charge < -0.3 is 19.5 Å². The molecule has 2 saturated heterocycles. The van der Waals surface area contributed by atoms with E-state index < -0.39 is 33.7 Å². The quantitative estimate of drug-likeness (QED) is 0.442. The molecule has 3 aromatic rings. The van der Waals surface area contributed by atoms with Crippen LogP contribution in [0.2, 0.25) is 0 Å². The second-order valence-electron chi connectivity index (χ2n) is 10.1. The fourth-order valence-electron chi connectivity index (χ4n) is 5.16. The van der Waals surface area contributed by atoms with Gasteiger partial charge in [0.2, 0.25) is 21.9 Å². The van der Waals surface area contributed by atoms with Crippen molar-refractivity contribution < 1.29 is 35.8 Å². The number of anilines is 1. The van der Waals surface area contributed by atoms with Crippen LogP contribution in [-0.2, 0) is 25.7 Å². The third-order valence-corrected chi connectivity index (χ3v) is 9.23. The number of hydrogen-bond donors (Lipinski definition) is 1. The summed E-state index contributed by atoms with van der Waals surface area (Å²) in [4.78, 5) is 8.09. The van der Waals surface area contributed by atoms with Crippen molar-refractivity contribution in [3.63, 3.8) is 0 Å². The van der Waals surface area contributed by atoms with Gasteiger partial charge in [-0.05, 0) is 25.3 Å². The second-order valence-corrected chi connectivity index (χ2v) is 12.0. The number of aromatic nitrogens is 5. The maximum absolute atomic E-state index is 13.5. The third-order valence-electron chi connectivity index (χ3n) is 7.33. The van der Waals surface area contributed by atoms with Crippen molar-refractivity contribution in [3.05, 3.63) is 35.9 Å². The molecule has 40 heavy (non-hydrogen) atoms. The normalized spacial score (nSPS) is 23.2. The second kappa shape index (κ2) is 10.7. The molecule has 2 aliphatic heterocycles. The number of ether oxygens (including phenoxy) is 3. The lowest BCUT2D eigenvalue weighted by Crippen LogP contribution is -2.40. The summed E-state index contributed by atoms with van der Waals surface area (Å²) in [6.07, 6.45) is 0.331. The Bertz CT molecular complexity index is 1480. The fourth-order valence-corrected chi connectivity index (χ4v) is 6.58. The van der Waals surface area contributed by atoms with Gasteiger partial charge in [0.25, 0.3) is 0 Å². The van der Waals surface area contributed by atoms with Crippen LogP contribution in [0.4, 0.5) is 19.1 Å². The summed E-state index contributed by atoms with van der Waals surface area (Å²) in [5.74, 6) is 0.217. The van der Waals surface area contributed by atoms with Gasteiger partial charge in [-0.25, -0.2) is 13.4 Å². The Morgan fingerprint density at radius 2 is 1.90 bits per heavy atom. The minimum atomic E-state index is -4.65. The molecule has 1 aliphatic carbocycles. The molecular weight excluding hydrogens is 555 g/mol. The van der Waals surface area contributed by atoms with Gasteiger partial charge in [-0.15, -0.1) is 10.2 Å². The number of rotatable bonds is 7. The van der Waals surface area contributed by atoms with Crippen LogP contribution in [0.15, 0.2) is 29.4 Å². The molecule has 0 amide bonds. The predicted octanol–water partition coefficient (Wildman–Crippen LogP) is 2.47. The molecule has 3 aromatic heterocycles. The van der Waals surface area contributed by atoms with E-state index in [0.29, 0.717) is 44.2 Å². The van der Waals surface area contributed by atoms with Crippen LogP contribution in [0.25, 0.3) is 5.65 Å². The van der Waals surface area contributed by atoms with Crippen molar-refractivity contribution >= 4 is 21.6 Å². The third kappa shape index (κ3) is 5.44. The molecule has 12 nitrogen and oxygen atoms in total. The summed E-state index contributed by atoms with van der Waals surface area (Å²) in [5, 5.41) is 11.8. The molecule has 3 fully saturated rings. The minimum absolute atomic E-state index is 0.0137. The highest BCUT2D eigenvalue weighted by molar-refractivity contribution is 7.89. The van der Waals surface area contributed by atoms with Crippen LogP contribution < -0.4 is 10.1 Å². The van der Waals surface area contributed by atoms with Gasteiger partial charge in [0, 0.05) is 43.5 Å². The number of nitrogens with one attached hydrogen (secondary N) is 1. The number of morpholine rings is 1. The van der Waals surface area contributed by atoms with E-state index in [1.165, 1.54) is 10.4 Å². The average molecular weight is 584 g/mol. The maximum atomic E-state index is 13.5. The topological polar surface area (TPSA) is 133 Å². The zero-order valence-corrected chi connectivity index (χ0v) is 22.2. The number of sulfonamides is 1. The lowest BCUT2D eigenvalue weighted by atomic mass is 9.85. The standard InChI is InChI=1S/C24H28F3N7O5S/c25-24(26,27)19-12-28-23(30-22(19)39-17-13-38-14-17)29-16-3-1-2-15(10-16)21-32-31-20-11-18(4-5-34(20)21)40(35,36)33-6-8-37-9-7-33/h4-5,11-12,15-17H,1-3,6-10,13-14H2,(H,28,29,30)/t15-,16+/m0/s1. The van der Waals surface area contributed by atoms with E-state index in [2.05, 4.69) is 25.5 Å². The molecule has 1 N–H and O–H groups in total. The smallest absolute Gasteiger partial charge is 0.423 e. The van der Waals surface area contributed by atoms with E-state index >= 15 is 0 Å². The fraction of sp³-hybridized carbons (Fsp3) is 0.583. The molecule has 2 atom stereocenters. The molecule has 3 aliphatic rings. The van der Waals surface area contributed by atoms with Gasteiger partial charge in [-0.2, -0.15) is 22.5 Å². The van der Waals surface area contributed by atoms with Crippen LogP contribution in [0, 0.1) is 0 Å². The Hall–Kier alpha value is -3.08. The van der Waals surface area contributed by atoms with Crippen LogP contribution in [0.5, 0.6) is 5.88 Å². The van der Waals surface area contributed by atoms with Crippen LogP contribution in [0.1, 0.15) is 43.0 Å². The lowest BCUT2D eigenvalue weighted by molar-refractivity contribution is -0.142. The minimum Gasteiger partial charge on any atom is -0.469 e. The van der Waals surface area contributed by atoms with Gasteiger partial charge in [0.05, 0.1) is 31.3 Å². The van der Waals surface area contributed by atoms with Gasteiger partial charge >= 0.3 is 6.18 Å². The first kappa shape index (κ1) is 27.1. The summed E-state index contributed by atoms with van der Waals surface area (Å²) in [5.41, 5.74) is -0.608. The number of pyridine rings is 1. The van der Waals surface area contributed by atoms with E-state index in [0.717, 1.165) is 25.5 Å². The Balaban J connectivity index is 1.18. The van der Waals surface area contributed by atoms with Gasteiger partial charge in [-0.3, -0.25) is 4.40 Å². The first-order valence-corrected chi connectivity index (χ1v) is 14.5. The van der Waals surface area contributed by atoms with Gasteiger partial charge in [-0.1, -0.05) is 6.42 Å². The SMILES string of the molecule is O=S(=O)(c1ccn2c([C@H]3CCC[C@@H](Nc4ncc(C(F)(F)F)c(OC5COC5)n4)C3)nnc2c1)N1CCOCC1. The average Bonchev–Trinajstić information content (AvgIpc) is 3.34. The number of nitrogens with zero attached hydrogens (tertiary/aromatic N) is 6. The highest BCUT2D eigenvalue weighted by atomic mass is 32.2. The lowest BCUT2D eigenvalue weighted by Gasteiger charge is -2.30. The molecule has 0 spiro atoms. The van der Waals surface area contributed by atoms with E-state index in [-0.39, 0.29) is 36.0 Å². The Kier molecular flexibility index (Phi) is 7.27. The molecule has 16 heteroatoms. The number of fused-ring (bicyclic) bond motifs is 1. The van der Waals surface area contributed by atoms with Crippen molar-refractivity contribution in [1.29, 1.82) is 0 Å². The first-order chi connectivity index (χ1) is 19.2. The van der Waals surface area contributed by atoms with Crippen molar-refractivity contribution in [2.24, 2.45) is 0 Å². The molecule has 0 bridgehead atoms. The summed E-state index contributed by atoms with van der Waals surface area (Å²) >= 11 is 0. The number of alkyl halides is 3. The summed E-state index contributed by atoms with van der Waals surface area (Å²) < 4.78 is 85.4.